The maximum absolute atomic E-state index is 12.8. The van der Waals surface area contributed by atoms with E-state index in [1.54, 1.807) is 23.2 Å². The summed E-state index contributed by atoms with van der Waals surface area (Å²) in [5.41, 5.74) is 8.54. The molecule has 0 bridgehead atoms. The molecule has 1 atom stereocenters. The van der Waals surface area contributed by atoms with Crippen molar-refractivity contribution in [1.29, 1.82) is 0 Å². The monoisotopic (exact) mass is 283 g/mol. The zero-order valence-electron chi connectivity index (χ0n) is 11.8. The van der Waals surface area contributed by atoms with E-state index in [4.69, 9.17) is 10.5 Å². The lowest BCUT2D eigenvalue weighted by Gasteiger charge is -2.33. The van der Waals surface area contributed by atoms with E-state index in [2.05, 4.69) is 4.98 Å². The Morgan fingerprint density at radius 3 is 2.95 bits per heavy atom. The van der Waals surface area contributed by atoms with Gasteiger partial charge in [0.1, 0.15) is 5.56 Å². The Kier molecular flexibility index (Phi) is 3.58. The van der Waals surface area contributed by atoms with Gasteiger partial charge in [-0.25, -0.2) is 4.98 Å². The molecule has 0 radical (unpaired) electrons. The predicted molar refractivity (Wildman–Crippen MR) is 80.6 cm³/mol. The van der Waals surface area contributed by atoms with Crippen molar-refractivity contribution in [1.82, 2.24) is 4.98 Å². The van der Waals surface area contributed by atoms with Crippen LogP contribution in [0.4, 0.5) is 5.69 Å². The average molecular weight is 283 g/mol. The summed E-state index contributed by atoms with van der Waals surface area (Å²) in [7, 11) is 1.51. The van der Waals surface area contributed by atoms with Crippen LogP contribution < -0.4 is 15.4 Å². The zero-order chi connectivity index (χ0) is 14.8. The Hall–Kier alpha value is -2.40. The van der Waals surface area contributed by atoms with E-state index in [1.165, 1.54) is 7.11 Å². The van der Waals surface area contributed by atoms with Crippen molar-refractivity contribution < 1.29 is 9.53 Å². The third-order valence-electron chi connectivity index (χ3n) is 3.62. The molecule has 1 aliphatic rings. The first-order valence-corrected chi connectivity index (χ1v) is 6.85. The standard InChI is InChI=1S/C16H17N3O2/c1-21-15-13(6-4-8-18-15)16(20)19-10-12(17)9-11-5-2-3-7-14(11)19/h2-8,12H,9-10,17H2,1H3. The van der Waals surface area contributed by atoms with Gasteiger partial charge in [0.05, 0.1) is 7.11 Å². The minimum absolute atomic E-state index is 0.0634. The normalized spacial score (nSPS) is 17.2. The number of aromatic nitrogens is 1. The third kappa shape index (κ3) is 2.48. The van der Waals surface area contributed by atoms with E-state index in [-0.39, 0.29) is 11.9 Å². The molecule has 1 aromatic heterocycles. The van der Waals surface area contributed by atoms with Crippen molar-refractivity contribution in [3.8, 4) is 5.88 Å². The smallest absolute Gasteiger partial charge is 0.263 e. The summed E-state index contributed by atoms with van der Waals surface area (Å²) in [4.78, 5) is 18.6. The molecule has 2 heterocycles. The number of nitrogens with two attached hydrogens (primary N) is 1. The van der Waals surface area contributed by atoms with Gasteiger partial charge in [-0.05, 0) is 30.2 Å². The molecule has 1 aliphatic heterocycles. The molecule has 0 spiro atoms. The number of anilines is 1. The number of amides is 1. The van der Waals surface area contributed by atoms with Gasteiger partial charge in [0, 0.05) is 24.5 Å². The second-order valence-corrected chi connectivity index (χ2v) is 5.07. The number of para-hydroxylation sites is 1. The van der Waals surface area contributed by atoms with Crippen molar-refractivity contribution in [3.05, 3.63) is 53.7 Å². The Balaban J connectivity index is 2.02. The van der Waals surface area contributed by atoms with Crippen molar-refractivity contribution in [2.75, 3.05) is 18.6 Å². The first-order valence-electron chi connectivity index (χ1n) is 6.85. The van der Waals surface area contributed by atoms with E-state index >= 15 is 0 Å². The van der Waals surface area contributed by atoms with Gasteiger partial charge < -0.3 is 15.4 Å². The van der Waals surface area contributed by atoms with Gasteiger partial charge in [-0.3, -0.25) is 4.79 Å². The van der Waals surface area contributed by atoms with E-state index in [0.717, 1.165) is 17.7 Å². The fraction of sp³-hybridized carbons (Fsp3) is 0.250. The summed E-state index contributed by atoms with van der Waals surface area (Å²) in [6, 6.07) is 11.2. The molecule has 108 valence electrons. The molecule has 1 unspecified atom stereocenters. The van der Waals surface area contributed by atoms with Gasteiger partial charge in [-0.15, -0.1) is 0 Å². The maximum Gasteiger partial charge on any atom is 0.263 e. The SMILES string of the molecule is COc1ncccc1C(=O)N1CC(N)Cc2ccccc21. The Morgan fingerprint density at radius 1 is 1.33 bits per heavy atom. The van der Waals surface area contributed by atoms with Crippen molar-refractivity contribution >= 4 is 11.6 Å². The first-order chi connectivity index (χ1) is 10.2. The van der Waals surface area contributed by atoms with Crippen LogP contribution in [0.3, 0.4) is 0 Å². The number of benzene rings is 1. The molecule has 21 heavy (non-hydrogen) atoms. The molecule has 2 aromatic rings. The quantitative estimate of drug-likeness (QED) is 0.909. The van der Waals surface area contributed by atoms with Crippen molar-refractivity contribution in [2.45, 2.75) is 12.5 Å². The minimum atomic E-state index is -0.137. The highest BCUT2D eigenvalue weighted by atomic mass is 16.5. The number of pyridine rings is 1. The number of carbonyl (C=O) groups is 1. The Labute approximate surface area is 123 Å². The van der Waals surface area contributed by atoms with E-state index in [9.17, 15) is 4.79 Å². The summed E-state index contributed by atoms with van der Waals surface area (Å²) >= 11 is 0. The second-order valence-electron chi connectivity index (χ2n) is 5.07. The number of hydrogen-bond donors (Lipinski definition) is 1. The van der Waals surface area contributed by atoms with Gasteiger partial charge in [0.15, 0.2) is 0 Å². The molecule has 0 fully saturated rings. The third-order valence-corrected chi connectivity index (χ3v) is 3.62. The predicted octanol–water partition coefficient (Wildman–Crippen LogP) is 1.62. The van der Waals surface area contributed by atoms with Crippen LogP contribution in [-0.2, 0) is 6.42 Å². The summed E-state index contributed by atoms with van der Waals surface area (Å²) in [5, 5.41) is 0. The van der Waals surface area contributed by atoms with E-state index in [1.807, 2.05) is 24.3 Å². The number of carbonyl (C=O) groups excluding carboxylic acids is 1. The van der Waals surface area contributed by atoms with E-state index < -0.39 is 0 Å². The number of ether oxygens (including phenoxy) is 1. The summed E-state index contributed by atoms with van der Waals surface area (Å²) in [6.45, 7) is 0.494. The number of fused-ring (bicyclic) bond motifs is 1. The van der Waals surface area contributed by atoms with Crippen LogP contribution in [0, 0.1) is 0 Å². The maximum atomic E-state index is 12.8. The minimum Gasteiger partial charge on any atom is -0.480 e. The summed E-state index contributed by atoms with van der Waals surface area (Å²) < 4.78 is 5.18. The molecular formula is C16H17N3O2. The van der Waals surface area contributed by atoms with Crippen LogP contribution >= 0.6 is 0 Å². The number of hydrogen-bond acceptors (Lipinski definition) is 4. The van der Waals surface area contributed by atoms with Crippen LogP contribution in [0.25, 0.3) is 0 Å². The molecule has 2 N–H and O–H groups in total. The summed E-state index contributed by atoms with van der Waals surface area (Å²) in [5.74, 6) is 0.196. The number of methoxy groups -OCH3 is 1. The highest BCUT2D eigenvalue weighted by Gasteiger charge is 2.28. The van der Waals surface area contributed by atoms with Crippen molar-refractivity contribution in [2.24, 2.45) is 5.73 Å². The Morgan fingerprint density at radius 2 is 2.14 bits per heavy atom. The molecule has 5 nitrogen and oxygen atoms in total. The summed E-state index contributed by atoms with van der Waals surface area (Å²) in [6.07, 6.45) is 2.38. The molecule has 0 saturated carbocycles. The van der Waals surface area contributed by atoms with Crippen molar-refractivity contribution in [3.63, 3.8) is 0 Å². The second kappa shape index (κ2) is 5.54. The van der Waals surface area contributed by atoms with Gasteiger partial charge in [0.25, 0.3) is 5.91 Å². The van der Waals surface area contributed by atoms with Crippen LogP contribution in [-0.4, -0.2) is 30.6 Å². The highest BCUT2D eigenvalue weighted by molar-refractivity contribution is 6.08. The van der Waals surface area contributed by atoms with Gasteiger partial charge in [-0.2, -0.15) is 0 Å². The van der Waals surface area contributed by atoms with Crippen LogP contribution in [0.5, 0.6) is 5.88 Å². The fourth-order valence-corrected chi connectivity index (χ4v) is 2.68. The van der Waals surface area contributed by atoms with Crippen LogP contribution in [0.2, 0.25) is 0 Å². The molecule has 3 rings (SSSR count). The lowest BCUT2D eigenvalue weighted by Crippen LogP contribution is -2.46. The fourth-order valence-electron chi connectivity index (χ4n) is 2.68. The highest BCUT2D eigenvalue weighted by Crippen LogP contribution is 2.29. The number of nitrogens with zero attached hydrogens (tertiary/aromatic N) is 2. The van der Waals surface area contributed by atoms with Crippen LogP contribution in [0.1, 0.15) is 15.9 Å². The largest absolute Gasteiger partial charge is 0.480 e. The molecule has 0 aliphatic carbocycles. The molecular weight excluding hydrogens is 266 g/mol. The van der Waals surface area contributed by atoms with E-state index in [0.29, 0.717) is 18.0 Å². The van der Waals surface area contributed by atoms with Gasteiger partial charge in [0.2, 0.25) is 5.88 Å². The Bertz CT molecular complexity index is 672. The number of rotatable bonds is 2. The van der Waals surface area contributed by atoms with Gasteiger partial charge >= 0.3 is 0 Å². The first kappa shape index (κ1) is 13.6. The zero-order valence-corrected chi connectivity index (χ0v) is 11.8. The van der Waals surface area contributed by atoms with Crippen LogP contribution in [0.15, 0.2) is 42.6 Å². The lowest BCUT2D eigenvalue weighted by atomic mass is 9.98. The topological polar surface area (TPSA) is 68.5 Å². The average Bonchev–Trinajstić information content (AvgIpc) is 2.53. The molecule has 0 saturated heterocycles. The molecule has 1 aromatic carbocycles. The molecule has 1 amide bonds. The van der Waals surface area contributed by atoms with Gasteiger partial charge in [-0.1, -0.05) is 18.2 Å². The molecule has 5 heteroatoms. The lowest BCUT2D eigenvalue weighted by molar-refractivity contribution is 0.0979.